The Morgan fingerprint density at radius 1 is 0.848 bits per heavy atom. The molecule has 0 bridgehead atoms. The lowest BCUT2D eigenvalue weighted by Crippen LogP contribution is -2.42. The van der Waals surface area contributed by atoms with Gasteiger partial charge >= 0.3 is 6.16 Å². The highest BCUT2D eigenvalue weighted by Crippen LogP contribution is 2.25. The van der Waals surface area contributed by atoms with Crippen molar-refractivity contribution >= 4 is 29.7 Å². The molecule has 3 aromatic carbocycles. The highest BCUT2D eigenvalue weighted by molar-refractivity contribution is 5.98. The Kier molecular flexibility index (Phi) is 13.1. The molecule has 0 saturated carbocycles. The van der Waals surface area contributed by atoms with Crippen LogP contribution in [0.5, 0.6) is 17.2 Å². The van der Waals surface area contributed by atoms with E-state index in [1.807, 2.05) is 6.92 Å². The van der Waals surface area contributed by atoms with Gasteiger partial charge in [0.05, 0.1) is 20.3 Å². The monoisotopic (exact) mass is 631 g/mol. The van der Waals surface area contributed by atoms with Crippen molar-refractivity contribution in [1.29, 1.82) is 0 Å². The van der Waals surface area contributed by atoms with Crippen LogP contribution in [0.1, 0.15) is 54.7 Å². The van der Waals surface area contributed by atoms with Gasteiger partial charge in [0.2, 0.25) is 5.91 Å². The minimum Gasteiger partial charge on any atom is -0.497 e. The molecular weight excluding hydrogens is 590 g/mol. The number of nitrogens with one attached hydrogen (secondary N) is 1. The Labute approximate surface area is 269 Å². The molecule has 1 amide bonds. The summed E-state index contributed by atoms with van der Waals surface area (Å²) in [4.78, 5) is 50.9. The van der Waals surface area contributed by atoms with Crippen molar-refractivity contribution < 1.29 is 42.9 Å². The normalized spacial score (nSPS) is 11.9. The maximum absolute atomic E-state index is 13.6. The van der Waals surface area contributed by atoms with Crippen LogP contribution in [0.4, 0.5) is 4.79 Å². The molecule has 1 atom stereocenters. The largest absolute Gasteiger partial charge is 0.514 e. The van der Waals surface area contributed by atoms with Crippen LogP contribution in [0, 0.1) is 0 Å². The zero-order chi connectivity index (χ0) is 33.7. The lowest BCUT2D eigenvalue weighted by molar-refractivity contribution is -0.125. The molecule has 0 unspecified atom stereocenters. The summed E-state index contributed by atoms with van der Waals surface area (Å²) in [6, 6.07) is 17.7. The van der Waals surface area contributed by atoms with Crippen LogP contribution in [0.3, 0.4) is 0 Å². The van der Waals surface area contributed by atoms with E-state index < -0.39 is 23.7 Å². The van der Waals surface area contributed by atoms with Gasteiger partial charge in [-0.3, -0.25) is 14.4 Å². The first-order chi connectivity index (χ1) is 21.9. The van der Waals surface area contributed by atoms with E-state index in [1.165, 1.54) is 13.2 Å². The van der Waals surface area contributed by atoms with Crippen molar-refractivity contribution in [2.75, 3.05) is 27.4 Å². The summed E-state index contributed by atoms with van der Waals surface area (Å²) in [7, 11) is 3.07. The Morgan fingerprint density at radius 2 is 1.50 bits per heavy atom. The predicted octanol–water partition coefficient (Wildman–Crippen LogP) is 5.79. The van der Waals surface area contributed by atoms with E-state index in [2.05, 4.69) is 5.32 Å². The third-order valence-corrected chi connectivity index (χ3v) is 6.60. The lowest BCUT2D eigenvalue weighted by Gasteiger charge is -2.19. The number of ketones is 2. The van der Waals surface area contributed by atoms with Crippen molar-refractivity contribution in [2.45, 2.75) is 52.2 Å². The number of benzene rings is 3. The van der Waals surface area contributed by atoms with Crippen LogP contribution >= 0.6 is 0 Å². The van der Waals surface area contributed by atoms with E-state index in [0.29, 0.717) is 34.8 Å². The summed E-state index contributed by atoms with van der Waals surface area (Å²) in [6.07, 6.45) is 2.29. The number of carbonyl (C=O) groups is 4. The molecule has 3 rings (SSSR count). The maximum Gasteiger partial charge on any atom is 0.514 e. The van der Waals surface area contributed by atoms with Crippen molar-refractivity contribution in [3.05, 3.63) is 95.1 Å². The molecular formula is C36H41NO9. The minimum absolute atomic E-state index is 0.0142. The fourth-order valence-corrected chi connectivity index (χ4v) is 4.31. The summed E-state index contributed by atoms with van der Waals surface area (Å²) in [5, 5.41) is 2.82. The van der Waals surface area contributed by atoms with Crippen LogP contribution in [0.25, 0.3) is 6.08 Å². The van der Waals surface area contributed by atoms with Crippen molar-refractivity contribution in [3.63, 3.8) is 0 Å². The van der Waals surface area contributed by atoms with Gasteiger partial charge in [-0.25, -0.2) is 4.79 Å². The standard InChI is InChI=1S/C36H41NO9/c1-7-44-23-32(39)26-12-8-25(9-13-26)21-31(38)30(20-24-10-15-28(16-11-24)45-35(41)46-36(2,3)4)37-34(40)19-14-27-22-29(42-5)17-18-33(27)43-6/h8-19,22,30H,7,20-21,23H2,1-6H3,(H,37,40)/b19-14+/t30-/m0/s1. The van der Waals surface area contributed by atoms with Crippen LogP contribution in [0.15, 0.2) is 72.8 Å². The molecule has 0 saturated heterocycles. The van der Waals surface area contributed by atoms with Gasteiger partial charge in [-0.05, 0) is 81.7 Å². The molecule has 10 heteroatoms. The number of hydrogen-bond donors (Lipinski definition) is 1. The Balaban J connectivity index is 1.78. The van der Waals surface area contributed by atoms with Gasteiger partial charge in [0.1, 0.15) is 29.5 Å². The molecule has 0 heterocycles. The summed E-state index contributed by atoms with van der Waals surface area (Å²) < 4.78 is 26.3. The van der Waals surface area contributed by atoms with Gasteiger partial charge in [-0.15, -0.1) is 0 Å². The lowest BCUT2D eigenvalue weighted by atomic mass is 9.96. The molecule has 0 radical (unpaired) electrons. The van der Waals surface area contributed by atoms with E-state index in [0.717, 1.165) is 5.56 Å². The van der Waals surface area contributed by atoms with Gasteiger partial charge in [-0.1, -0.05) is 36.4 Å². The second kappa shape index (κ2) is 16.9. The summed E-state index contributed by atoms with van der Waals surface area (Å²) in [6.45, 7) is 7.45. The van der Waals surface area contributed by atoms with Gasteiger partial charge in [0.15, 0.2) is 11.6 Å². The minimum atomic E-state index is -0.888. The zero-order valence-corrected chi connectivity index (χ0v) is 27.1. The Bertz CT molecular complexity index is 1520. The van der Waals surface area contributed by atoms with Crippen molar-refractivity contribution in [1.82, 2.24) is 5.32 Å². The second-order valence-electron chi connectivity index (χ2n) is 11.3. The van der Waals surface area contributed by atoms with Crippen LogP contribution in [-0.4, -0.2) is 62.7 Å². The highest BCUT2D eigenvalue weighted by atomic mass is 16.7. The number of rotatable bonds is 15. The van der Waals surface area contributed by atoms with E-state index in [-0.39, 0.29) is 36.8 Å². The first kappa shape index (κ1) is 35.5. The number of carbonyl (C=O) groups excluding carboxylic acids is 4. The quantitative estimate of drug-likeness (QED) is 0.0960. The predicted molar refractivity (Wildman–Crippen MR) is 173 cm³/mol. The first-order valence-electron chi connectivity index (χ1n) is 14.8. The van der Waals surface area contributed by atoms with Crippen LogP contribution in [0.2, 0.25) is 0 Å². The average molecular weight is 632 g/mol. The third-order valence-electron chi connectivity index (χ3n) is 6.60. The van der Waals surface area contributed by atoms with Crippen LogP contribution < -0.4 is 19.5 Å². The molecule has 1 N–H and O–H groups in total. The topological polar surface area (TPSA) is 126 Å². The number of ether oxygens (including phenoxy) is 5. The zero-order valence-electron chi connectivity index (χ0n) is 27.1. The second-order valence-corrected chi connectivity index (χ2v) is 11.3. The van der Waals surface area contributed by atoms with Gasteiger partial charge in [-0.2, -0.15) is 0 Å². The molecule has 0 aliphatic heterocycles. The fourth-order valence-electron chi connectivity index (χ4n) is 4.31. The molecule has 0 spiro atoms. The number of Topliss-reactive ketones (excluding diaryl/α,β-unsaturated/α-hetero) is 2. The molecule has 0 aliphatic carbocycles. The summed E-state index contributed by atoms with van der Waals surface area (Å²) in [5.74, 6) is 0.559. The smallest absolute Gasteiger partial charge is 0.497 e. The SMILES string of the molecule is CCOCC(=O)c1ccc(CC(=O)[C@H](Cc2ccc(OC(=O)OC(C)(C)C)cc2)NC(=O)/C=C/c2cc(OC)ccc2OC)cc1. The molecule has 3 aromatic rings. The number of amides is 1. The third kappa shape index (κ3) is 11.5. The van der Waals surface area contributed by atoms with Gasteiger partial charge in [0.25, 0.3) is 0 Å². The van der Waals surface area contributed by atoms with Gasteiger partial charge < -0.3 is 29.0 Å². The number of hydrogen-bond acceptors (Lipinski definition) is 9. The summed E-state index contributed by atoms with van der Waals surface area (Å²) in [5.41, 5.74) is 1.83. The van der Waals surface area contributed by atoms with E-state index in [9.17, 15) is 19.2 Å². The average Bonchev–Trinajstić information content (AvgIpc) is 3.02. The number of methoxy groups -OCH3 is 2. The maximum atomic E-state index is 13.6. The molecule has 244 valence electrons. The van der Waals surface area contributed by atoms with Crippen molar-refractivity contribution in [3.8, 4) is 17.2 Å². The molecule has 0 aliphatic rings. The molecule has 46 heavy (non-hydrogen) atoms. The Morgan fingerprint density at radius 3 is 2.11 bits per heavy atom. The highest BCUT2D eigenvalue weighted by Gasteiger charge is 2.22. The van der Waals surface area contributed by atoms with Crippen molar-refractivity contribution in [2.24, 2.45) is 0 Å². The Hall–Kier alpha value is -4.96. The van der Waals surface area contributed by atoms with E-state index >= 15 is 0 Å². The molecule has 0 fully saturated rings. The van der Waals surface area contributed by atoms with Gasteiger partial charge in [0, 0.05) is 30.2 Å². The van der Waals surface area contributed by atoms with Crippen LogP contribution in [-0.2, 0) is 31.9 Å². The van der Waals surface area contributed by atoms with E-state index in [4.69, 9.17) is 23.7 Å². The molecule has 0 aromatic heterocycles. The summed E-state index contributed by atoms with van der Waals surface area (Å²) >= 11 is 0. The molecule has 10 nitrogen and oxygen atoms in total. The fraction of sp³-hybridized carbons (Fsp3) is 0.333. The first-order valence-corrected chi connectivity index (χ1v) is 14.8. The van der Waals surface area contributed by atoms with E-state index in [1.54, 1.807) is 101 Å².